The Bertz CT molecular complexity index is 416. The molecule has 1 saturated carbocycles. The lowest BCUT2D eigenvalue weighted by Gasteiger charge is -2.40. The summed E-state index contributed by atoms with van der Waals surface area (Å²) in [6.45, 7) is 2.71. The highest BCUT2D eigenvalue weighted by molar-refractivity contribution is 9.10. The Morgan fingerprint density at radius 3 is 2.94 bits per heavy atom. The van der Waals surface area contributed by atoms with Crippen molar-refractivity contribution < 1.29 is 13.9 Å². The summed E-state index contributed by atoms with van der Waals surface area (Å²) in [5, 5.41) is -0.0196. The summed E-state index contributed by atoms with van der Waals surface area (Å²) >= 11 is 9.43. The lowest BCUT2D eigenvalue weighted by Crippen LogP contribution is -2.52. The quantitative estimate of drug-likeness (QED) is 0.752. The second-order valence-electron chi connectivity index (χ2n) is 4.32. The standard InChI is InChI=1S/C13H15BrClFO2/c1-2-5-17-13-10(15)7-12(13)18-11-6-8(16)3-4-9(11)14/h3-4,6,10,12-13H,2,5,7H2,1H3. The van der Waals surface area contributed by atoms with Crippen molar-refractivity contribution in [2.45, 2.75) is 37.4 Å². The van der Waals surface area contributed by atoms with Gasteiger partial charge in [0.15, 0.2) is 0 Å². The molecule has 0 saturated heterocycles. The molecule has 0 amide bonds. The normalized spacial score (nSPS) is 26.8. The van der Waals surface area contributed by atoms with Gasteiger partial charge in [-0.05, 0) is 34.5 Å². The molecule has 2 nitrogen and oxygen atoms in total. The summed E-state index contributed by atoms with van der Waals surface area (Å²) in [6.07, 6.45) is 1.45. The molecule has 1 aliphatic carbocycles. The third kappa shape index (κ3) is 3.16. The zero-order chi connectivity index (χ0) is 13.1. The summed E-state index contributed by atoms with van der Waals surface area (Å²) in [5.74, 6) is 0.176. The molecule has 1 aromatic rings. The van der Waals surface area contributed by atoms with Crippen molar-refractivity contribution in [2.75, 3.05) is 6.61 Å². The van der Waals surface area contributed by atoms with Gasteiger partial charge in [-0.3, -0.25) is 0 Å². The number of benzene rings is 1. The van der Waals surface area contributed by atoms with Crippen LogP contribution in [0.3, 0.4) is 0 Å². The van der Waals surface area contributed by atoms with Crippen LogP contribution in [0.4, 0.5) is 4.39 Å². The maximum atomic E-state index is 13.1. The Morgan fingerprint density at radius 2 is 2.28 bits per heavy atom. The van der Waals surface area contributed by atoms with Gasteiger partial charge in [0, 0.05) is 19.1 Å². The molecule has 18 heavy (non-hydrogen) atoms. The molecule has 0 spiro atoms. The van der Waals surface area contributed by atoms with Gasteiger partial charge in [-0.15, -0.1) is 11.6 Å². The molecule has 0 aromatic heterocycles. The number of hydrogen-bond donors (Lipinski definition) is 0. The van der Waals surface area contributed by atoms with Crippen LogP contribution in [0.5, 0.6) is 5.75 Å². The van der Waals surface area contributed by atoms with Crippen molar-refractivity contribution in [2.24, 2.45) is 0 Å². The van der Waals surface area contributed by atoms with Gasteiger partial charge >= 0.3 is 0 Å². The van der Waals surface area contributed by atoms with Crippen molar-refractivity contribution in [1.29, 1.82) is 0 Å². The van der Waals surface area contributed by atoms with Crippen LogP contribution in [0.25, 0.3) is 0 Å². The SMILES string of the molecule is CCCOC1C(Cl)CC1Oc1cc(F)ccc1Br. The molecule has 1 aliphatic rings. The van der Waals surface area contributed by atoms with Crippen molar-refractivity contribution in [3.63, 3.8) is 0 Å². The molecule has 0 aliphatic heterocycles. The van der Waals surface area contributed by atoms with Gasteiger partial charge in [0.2, 0.25) is 0 Å². The van der Waals surface area contributed by atoms with Crippen LogP contribution >= 0.6 is 27.5 Å². The zero-order valence-corrected chi connectivity index (χ0v) is 12.4. The smallest absolute Gasteiger partial charge is 0.136 e. The van der Waals surface area contributed by atoms with E-state index >= 15 is 0 Å². The van der Waals surface area contributed by atoms with E-state index in [1.165, 1.54) is 12.1 Å². The third-order valence-electron chi connectivity index (χ3n) is 2.87. The van der Waals surface area contributed by atoms with E-state index in [9.17, 15) is 4.39 Å². The van der Waals surface area contributed by atoms with Gasteiger partial charge in [-0.2, -0.15) is 0 Å². The van der Waals surface area contributed by atoms with E-state index in [0.717, 1.165) is 17.3 Å². The predicted molar refractivity (Wildman–Crippen MR) is 72.8 cm³/mol. The Labute approximate surface area is 120 Å². The minimum absolute atomic E-state index is 0.0196. The van der Waals surface area contributed by atoms with Crippen LogP contribution in [0.15, 0.2) is 22.7 Å². The van der Waals surface area contributed by atoms with Gasteiger partial charge < -0.3 is 9.47 Å². The number of alkyl halides is 1. The molecule has 2 rings (SSSR count). The van der Waals surface area contributed by atoms with Crippen LogP contribution < -0.4 is 4.74 Å². The topological polar surface area (TPSA) is 18.5 Å². The van der Waals surface area contributed by atoms with E-state index in [1.54, 1.807) is 6.07 Å². The molecule has 0 bridgehead atoms. The van der Waals surface area contributed by atoms with Crippen LogP contribution in [0.1, 0.15) is 19.8 Å². The van der Waals surface area contributed by atoms with Gasteiger partial charge in [-0.1, -0.05) is 6.92 Å². The third-order valence-corrected chi connectivity index (χ3v) is 3.95. The first-order valence-corrected chi connectivity index (χ1v) is 7.22. The van der Waals surface area contributed by atoms with E-state index in [2.05, 4.69) is 15.9 Å². The first-order valence-electron chi connectivity index (χ1n) is 5.99. The molecular weight excluding hydrogens is 322 g/mol. The molecule has 0 radical (unpaired) electrons. The average molecular weight is 338 g/mol. The number of rotatable bonds is 5. The van der Waals surface area contributed by atoms with Crippen LogP contribution in [-0.2, 0) is 4.74 Å². The van der Waals surface area contributed by atoms with Gasteiger partial charge in [0.1, 0.15) is 23.8 Å². The number of hydrogen-bond acceptors (Lipinski definition) is 2. The van der Waals surface area contributed by atoms with E-state index in [4.69, 9.17) is 21.1 Å². The summed E-state index contributed by atoms with van der Waals surface area (Å²) in [7, 11) is 0. The molecule has 0 heterocycles. The molecule has 1 fully saturated rings. The average Bonchev–Trinajstić information content (AvgIpc) is 2.33. The predicted octanol–water partition coefficient (Wildman–Crippen LogP) is 4.14. The summed E-state index contributed by atoms with van der Waals surface area (Å²) in [5.41, 5.74) is 0. The number of halogens is 3. The largest absolute Gasteiger partial charge is 0.486 e. The van der Waals surface area contributed by atoms with Crippen molar-refractivity contribution >= 4 is 27.5 Å². The Morgan fingerprint density at radius 1 is 1.50 bits per heavy atom. The first kappa shape index (κ1) is 14.1. The van der Waals surface area contributed by atoms with Crippen molar-refractivity contribution in [3.05, 3.63) is 28.5 Å². The summed E-state index contributed by atoms with van der Waals surface area (Å²) in [4.78, 5) is 0. The minimum atomic E-state index is -0.319. The fraction of sp³-hybridized carbons (Fsp3) is 0.538. The Balaban J connectivity index is 1.98. The Hall–Kier alpha value is -0.320. The molecule has 5 heteroatoms. The van der Waals surface area contributed by atoms with Gasteiger partial charge in [0.05, 0.1) is 9.85 Å². The lowest BCUT2D eigenvalue weighted by atomic mass is 9.91. The summed E-state index contributed by atoms with van der Waals surface area (Å²) < 4.78 is 25.2. The van der Waals surface area contributed by atoms with Gasteiger partial charge in [-0.25, -0.2) is 4.39 Å². The summed E-state index contributed by atoms with van der Waals surface area (Å²) in [6, 6.07) is 4.37. The van der Waals surface area contributed by atoms with Gasteiger partial charge in [0.25, 0.3) is 0 Å². The maximum absolute atomic E-state index is 13.1. The second kappa shape index (κ2) is 6.22. The van der Waals surface area contributed by atoms with E-state index < -0.39 is 0 Å². The van der Waals surface area contributed by atoms with E-state index in [1.807, 2.05) is 6.92 Å². The zero-order valence-electron chi connectivity index (χ0n) is 10.0. The fourth-order valence-electron chi connectivity index (χ4n) is 1.84. The molecule has 1 aromatic carbocycles. The fourth-order valence-corrected chi connectivity index (χ4v) is 2.59. The first-order chi connectivity index (χ1) is 8.61. The van der Waals surface area contributed by atoms with Crippen molar-refractivity contribution in [3.8, 4) is 5.75 Å². The van der Waals surface area contributed by atoms with Crippen LogP contribution in [0.2, 0.25) is 0 Å². The molecule has 3 unspecified atom stereocenters. The Kier molecular flexibility index (Phi) is 4.87. The number of ether oxygens (including phenoxy) is 2. The molecule has 3 atom stereocenters. The molecule has 0 N–H and O–H groups in total. The van der Waals surface area contributed by atoms with E-state index in [0.29, 0.717) is 12.4 Å². The maximum Gasteiger partial charge on any atom is 0.136 e. The molecular formula is C13H15BrClFO2. The monoisotopic (exact) mass is 336 g/mol. The highest BCUT2D eigenvalue weighted by atomic mass is 79.9. The van der Waals surface area contributed by atoms with E-state index in [-0.39, 0.29) is 23.4 Å². The highest BCUT2D eigenvalue weighted by Gasteiger charge is 2.42. The van der Waals surface area contributed by atoms with Crippen LogP contribution in [0, 0.1) is 5.82 Å². The second-order valence-corrected chi connectivity index (χ2v) is 5.73. The minimum Gasteiger partial charge on any atom is -0.486 e. The lowest BCUT2D eigenvalue weighted by molar-refractivity contribution is -0.0800. The van der Waals surface area contributed by atoms with Crippen molar-refractivity contribution in [1.82, 2.24) is 0 Å². The van der Waals surface area contributed by atoms with Crippen LogP contribution in [-0.4, -0.2) is 24.2 Å². The highest BCUT2D eigenvalue weighted by Crippen LogP contribution is 2.35. The molecule has 100 valence electrons.